The number of nitrogens with zero attached hydrogens (tertiary/aromatic N) is 1. The maximum atomic E-state index is 13.2. The minimum Gasteiger partial charge on any atom is -0.439 e. The first-order valence-corrected chi connectivity index (χ1v) is 9.77. The summed E-state index contributed by atoms with van der Waals surface area (Å²) in [5, 5.41) is 2.94. The van der Waals surface area contributed by atoms with Crippen LogP contribution in [0.3, 0.4) is 0 Å². The summed E-state index contributed by atoms with van der Waals surface area (Å²) >= 11 is 1.61. The summed E-state index contributed by atoms with van der Waals surface area (Å²) in [5.41, 5.74) is 2.20. The van der Waals surface area contributed by atoms with Crippen LogP contribution >= 0.6 is 11.3 Å². The predicted molar refractivity (Wildman–Crippen MR) is 103 cm³/mol. The summed E-state index contributed by atoms with van der Waals surface area (Å²) in [4.78, 5) is 18.7. The van der Waals surface area contributed by atoms with Gasteiger partial charge in [-0.15, -0.1) is 11.3 Å². The van der Waals surface area contributed by atoms with Crippen molar-refractivity contribution in [1.29, 1.82) is 0 Å². The van der Waals surface area contributed by atoms with Crippen LogP contribution in [-0.2, 0) is 19.4 Å². The van der Waals surface area contributed by atoms with Gasteiger partial charge in [0.1, 0.15) is 11.6 Å². The molecular weight excluding hydrogens is 363 g/mol. The number of rotatable bonds is 5. The zero-order chi connectivity index (χ0) is 18.6. The van der Waals surface area contributed by atoms with Crippen molar-refractivity contribution in [3.63, 3.8) is 0 Å². The Balaban J connectivity index is 1.34. The third-order valence-corrected chi connectivity index (χ3v) is 5.73. The fourth-order valence-electron chi connectivity index (χ4n) is 3.10. The van der Waals surface area contributed by atoms with Gasteiger partial charge in [-0.3, -0.25) is 4.79 Å². The minimum atomic E-state index is -0.359. The number of amides is 1. The maximum Gasteiger partial charge on any atom is 0.261 e. The number of hydrogen-bond acceptors (Lipinski definition) is 4. The van der Waals surface area contributed by atoms with Crippen molar-refractivity contribution in [2.75, 3.05) is 0 Å². The van der Waals surface area contributed by atoms with Crippen molar-refractivity contribution in [3.05, 3.63) is 75.4 Å². The minimum absolute atomic E-state index is 0.0468. The third kappa shape index (κ3) is 4.34. The first kappa shape index (κ1) is 17.7. The topological polar surface area (TPSA) is 51.2 Å². The Labute approximate surface area is 161 Å². The van der Waals surface area contributed by atoms with Crippen LogP contribution in [0.4, 0.5) is 4.39 Å². The second-order valence-electron chi connectivity index (χ2n) is 6.51. The molecule has 4 nitrogen and oxygen atoms in total. The molecule has 0 unspecified atom stereocenters. The molecule has 0 spiro atoms. The molecule has 27 heavy (non-hydrogen) atoms. The van der Waals surface area contributed by atoms with Gasteiger partial charge < -0.3 is 10.1 Å². The van der Waals surface area contributed by atoms with Crippen molar-refractivity contribution < 1.29 is 13.9 Å². The van der Waals surface area contributed by atoms with E-state index >= 15 is 0 Å². The number of pyridine rings is 1. The van der Waals surface area contributed by atoms with Gasteiger partial charge in [0.25, 0.3) is 5.91 Å². The molecule has 0 bridgehead atoms. The summed E-state index contributed by atoms with van der Waals surface area (Å²) in [6.45, 7) is 0.397. The SMILES string of the molecule is O=C(NCc1ccc(Oc2cccc(F)c2)nc1)c1cc2c(s1)CCCC2. The average Bonchev–Trinajstić information content (AvgIpc) is 3.12. The Bertz CT molecular complexity index is 930. The predicted octanol–water partition coefficient (Wildman–Crippen LogP) is 4.88. The van der Waals surface area contributed by atoms with Crippen LogP contribution in [0.5, 0.6) is 11.6 Å². The van der Waals surface area contributed by atoms with E-state index in [-0.39, 0.29) is 11.7 Å². The summed E-state index contributed by atoms with van der Waals surface area (Å²) in [5.74, 6) is 0.364. The number of thiophene rings is 1. The molecule has 2 aromatic heterocycles. The van der Waals surface area contributed by atoms with Gasteiger partial charge in [0.2, 0.25) is 5.88 Å². The van der Waals surface area contributed by atoms with Gasteiger partial charge in [-0.1, -0.05) is 12.1 Å². The van der Waals surface area contributed by atoms with Gasteiger partial charge in [0.05, 0.1) is 4.88 Å². The molecule has 3 aromatic rings. The van der Waals surface area contributed by atoms with E-state index in [0.717, 1.165) is 23.3 Å². The van der Waals surface area contributed by atoms with Crippen LogP contribution in [0, 0.1) is 5.82 Å². The zero-order valence-corrected chi connectivity index (χ0v) is 15.5. The Morgan fingerprint density at radius 3 is 2.85 bits per heavy atom. The fraction of sp³-hybridized carbons (Fsp3) is 0.238. The molecule has 0 radical (unpaired) electrons. The van der Waals surface area contributed by atoms with E-state index in [4.69, 9.17) is 4.74 Å². The monoisotopic (exact) mass is 382 g/mol. The molecule has 6 heteroatoms. The van der Waals surface area contributed by atoms with Crippen molar-refractivity contribution in [2.24, 2.45) is 0 Å². The van der Waals surface area contributed by atoms with Gasteiger partial charge in [0.15, 0.2) is 0 Å². The number of aromatic nitrogens is 1. The summed E-state index contributed by atoms with van der Waals surface area (Å²) < 4.78 is 18.7. The van der Waals surface area contributed by atoms with Crippen LogP contribution < -0.4 is 10.1 Å². The Hall–Kier alpha value is -2.73. The van der Waals surface area contributed by atoms with Crippen LogP contribution in [0.2, 0.25) is 0 Å². The van der Waals surface area contributed by atoms with Crippen LogP contribution in [0.1, 0.15) is 38.5 Å². The number of fused-ring (bicyclic) bond motifs is 1. The maximum absolute atomic E-state index is 13.2. The zero-order valence-electron chi connectivity index (χ0n) is 14.7. The lowest BCUT2D eigenvalue weighted by molar-refractivity contribution is 0.0955. The smallest absolute Gasteiger partial charge is 0.261 e. The van der Waals surface area contributed by atoms with E-state index in [1.165, 1.54) is 35.4 Å². The number of nitrogens with one attached hydrogen (secondary N) is 1. The van der Waals surface area contributed by atoms with E-state index in [1.54, 1.807) is 35.7 Å². The molecule has 138 valence electrons. The highest BCUT2D eigenvalue weighted by atomic mass is 32.1. The molecule has 4 rings (SSSR count). The van der Waals surface area contributed by atoms with Crippen molar-refractivity contribution in [3.8, 4) is 11.6 Å². The van der Waals surface area contributed by atoms with Gasteiger partial charge >= 0.3 is 0 Å². The molecule has 1 aromatic carbocycles. The largest absolute Gasteiger partial charge is 0.439 e. The highest BCUT2D eigenvalue weighted by Gasteiger charge is 2.17. The highest BCUT2D eigenvalue weighted by molar-refractivity contribution is 7.14. The van der Waals surface area contributed by atoms with Crippen LogP contribution in [0.15, 0.2) is 48.7 Å². The lowest BCUT2D eigenvalue weighted by Gasteiger charge is -2.08. The van der Waals surface area contributed by atoms with E-state index < -0.39 is 0 Å². The Kier molecular flexibility index (Phi) is 5.16. The van der Waals surface area contributed by atoms with Crippen LogP contribution in [0.25, 0.3) is 0 Å². The van der Waals surface area contributed by atoms with Gasteiger partial charge in [-0.05, 0) is 55.0 Å². The number of ether oxygens (including phenoxy) is 1. The lowest BCUT2D eigenvalue weighted by Crippen LogP contribution is -2.21. The Morgan fingerprint density at radius 2 is 2.07 bits per heavy atom. The molecule has 1 amide bonds. The lowest BCUT2D eigenvalue weighted by atomic mass is 9.99. The number of aryl methyl sites for hydroxylation is 2. The Morgan fingerprint density at radius 1 is 1.19 bits per heavy atom. The second-order valence-corrected chi connectivity index (χ2v) is 7.65. The van der Waals surface area contributed by atoms with Crippen LogP contribution in [-0.4, -0.2) is 10.9 Å². The van der Waals surface area contributed by atoms with Crippen molar-refractivity contribution >= 4 is 17.2 Å². The highest BCUT2D eigenvalue weighted by Crippen LogP contribution is 2.29. The summed E-state index contributed by atoms with van der Waals surface area (Å²) in [7, 11) is 0. The number of carbonyl (C=O) groups excluding carboxylic acids is 1. The molecule has 2 heterocycles. The molecule has 0 fully saturated rings. The van der Waals surface area contributed by atoms with Gasteiger partial charge in [0, 0.05) is 29.8 Å². The molecule has 0 saturated carbocycles. The molecule has 1 aliphatic rings. The normalized spacial score (nSPS) is 13.1. The molecule has 1 aliphatic carbocycles. The number of benzene rings is 1. The average molecular weight is 382 g/mol. The van der Waals surface area contributed by atoms with Crippen molar-refractivity contribution in [2.45, 2.75) is 32.2 Å². The number of carbonyl (C=O) groups is 1. The van der Waals surface area contributed by atoms with Gasteiger partial charge in [-0.2, -0.15) is 0 Å². The first-order chi connectivity index (χ1) is 13.2. The molecular formula is C21H19FN2O2S. The van der Waals surface area contributed by atoms with Gasteiger partial charge in [-0.25, -0.2) is 9.37 Å². The summed E-state index contributed by atoms with van der Waals surface area (Å²) in [6, 6.07) is 11.5. The van der Waals surface area contributed by atoms with E-state index in [9.17, 15) is 9.18 Å². The fourth-order valence-corrected chi connectivity index (χ4v) is 4.27. The van der Waals surface area contributed by atoms with E-state index in [0.29, 0.717) is 18.2 Å². The number of hydrogen-bond donors (Lipinski definition) is 1. The molecule has 0 atom stereocenters. The van der Waals surface area contributed by atoms with E-state index in [1.807, 2.05) is 12.1 Å². The quantitative estimate of drug-likeness (QED) is 0.684. The van der Waals surface area contributed by atoms with E-state index in [2.05, 4.69) is 10.3 Å². The first-order valence-electron chi connectivity index (χ1n) is 8.95. The second kappa shape index (κ2) is 7.88. The molecule has 0 saturated heterocycles. The molecule has 1 N–H and O–H groups in total. The standard InChI is InChI=1S/C21H19FN2O2S/c22-16-5-3-6-17(11-16)26-20-9-8-14(12-23-20)13-24-21(25)19-10-15-4-1-2-7-18(15)27-19/h3,5-6,8-12H,1-2,4,7,13H2,(H,24,25). The van der Waals surface area contributed by atoms with Crippen molar-refractivity contribution in [1.82, 2.24) is 10.3 Å². The molecule has 0 aliphatic heterocycles. The number of halogens is 1. The summed E-state index contributed by atoms with van der Waals surface area (Å²) in [6.07, 6.45) is 6.24. The third-order valence-electron chi connectivity index (χ3n) is 4.49.